The van der Waals surface area contributed by atoms with Gasteiger partial charge in [-0.1, -0.05) is 0 Å². The lowest BCUT2D eigenvalue weighted by Crippen LogP contribution is -2.45. The Morgan fingerprint density at radius 1 is 1.24 bits per heavy atom. The van der Waals surface area contributed by atoms with Crippen LogP contribution in [0.25, 0.3) is 0 Å². The second-order valence-corrected chi connectivity index (χ2v) is 4.63. The minimum absolute atomic E-state index is 0.545. The summed E-state index contributed by atoms with van der Waals surface area (Å²) in [6.07, 6.45) is 0.325. The van der Waals surface area contributed by atoms with E-state index in [1.165, 1.54) is 7.11 Å². The number of piperazine rings is 1. The van der Waals surface area contributed by atoms with Crippen LogP contribution in [-0.4, -0.2) is 57.8 Å². The van der Waals surface area contributed by atoms with Gasteiger partial charge in [-0.3, -0.25) is 10.1 Å². The molecule has 1 aliphatic rings. The average Bonchev–Trinajstić information content (AvgIpc) is 2.54. The van der Waals surface area contributed by atoms with Crippen LogP contribution >= 0.6 is 0 Å². The third kappa shape index (κ3) is 3.56. The van der Waals surface area contributed by atoms with Gasteiger partial charge in [-0.25, -0.2) is 4.79 Å². The Labute approximate surface area is 123 Å². The van der Waals surface area contributed by atoms with Crippen molar-refractivity contribution in [1.82, 2.24) is 4.90 Å². The Morgan fingerprint density at radius 2 is 1.95 bits per heavy atom. The zero-order chi connectivity index (χ0) is 15.2. The topological polar surface area (TPSA) is 71.1 Å². The molecule has 1 aromatic rings. The van der Waals surface area contributed by atoms with Crippen molar-refractivity contribution in [1.29, 1.82) is 0 Å². The SMILES string of the molecule is COC(=O)Nc1cc(N2CCN(C=O)CC2)ccc1OC. The van der Waals surface area contributed by atoms with Crippen LogP contribution < -0.4 is 15.0 Å². The highest BCUT2D eigenvalue weighted by Gasteiger charge is 2.17. The van der Waals surface area contributed by atoms with Gasteiger partial charge < -0.3 is 19.3 Å². The van der Waals surface area contributed by atoms with E-state index in [1.807, 2.05) is 12.1 Å². The van der Waals surface area contributed by atoms with Gasteiger partial charge in [0.15, 0.2) is 0 Å². The second kappa shape index (κ2) is 6.83. The van der Waals surface area contributed by atoms with Crippen molar-refractivity contribution in [3.8, 4) is 5.75 Å². The van der Waals surface area contributed by atoms with Crippen LogP contribution in [0.15, 0.2) is 18.2 Å². The molecule has 1 heterocycles. The van der Waals surface area contributed by atoms with Gasteiger partial charge in [-0.05, 0) is 18.2 Å². The molecule has 0 spiro atoms. The van der Waals surface area contributed by atoms with Crippen LogP contribution in [0.2, 0.25) is 0 Å². The molecule has 1 fully saturated rings. The maximum Gasteiger partial charge on any atom is 0.411 e. The van der Waals surface area contributed by atoms with Crippen molar-refractivity contribution in [2.75, 3.05) is 50.6 Å². The summed E-state index contributed by atoms with van der Waals surface area (Å²) < 4.78 is 9.83. The second-order valence-electron chi connectivity index (χ2n) is 4.63. The zero-order valence-electron chi connectivity index (χ0n) is 12.2. The number of anilines is 2. The molecule has 0 aromatic heterocycles. The highest BCUT2D eigenvalue weighted by Crippen LogP contribution is 2.30. The zero-order valence-corrected chi connectivity index (χ0v) is 12.2. The van der Waals surface area contributed by atoms with Crippen molar-refractivity contribution in [3.05, 3.63) is 18.2 Å². The smallest absolute Gasteiger partial charge is 0.411 e. The number of rotatable bonds is 4. The van der Waals surface area contributed by atoms with Crippen LogP contribution in [0.1, 0.15) is 0 Å². The molecule has 0 unspecified atom stereocenters. The van der Waals surface area contributed by atoms with Crippen LogP contribution in [-0.2, 0) is 9.53 Å². The summed E-state index contributed by atoms with van der Waals surface area (Å²) in [5.41, 5.74) is 1.52. The molecule has 1 saturated heterocycles. The molecule has 0 saturated carbocycles. The highest BCUT2D eigenvalue weighted by atomic mass is 16.5. The molecule has 2 rings (SSSR count). The van der Waals surface area contributed by atoms with E-state index >= 15 is 0 Å². The van der Waals surface area contributed by atoms with Crippen molar-refractivity contribution in [2.45, 2.75) is 0 Å². The molecule has 0 bridgehead atoms. The van der Waals surface area contributed by atoms with E-state index < -0.39 is 6.09 Å². The van der Waals surface area contributed by atoms with Gasteiger partial charge in [0.05, 0.1) is 19.9 Å². The van der Waals surface area contributed by atoms with E-state index in [-0.39, 0.29) is 0 Å². The molecular formula is C14H19N3O4. The van der Waals surface area contributed by atoms with E-state index in [9.17, 15) is 9.59 Å². The molecule has 21 heavy (non-hydrogen) atoms. The first-order chi connectivity index (χ1) is 10.2. The van der Waals surface area contributed by atoms with Crippen molar-refractivity contribution in [3.63, 3.8) is 0 Å². The number of nitrogens with zero attached hydrogens (tertiary/aromatic N) is 2. The molecule has 7 heteroatoms. The third-order valence-corrected chi connectivity index (χ3v) is 3.43. The van der Waals surface area contributed by atoms with Crippen molar-refractivity contribution >= 4 is 23.9 Å². The number of carbonyl (C=O) groups is 2. The standard InChI is InChI=1S/C14H19N3O4/c1-20-13-4-3-11(9-12(13)15-14(19)21-2)17-7-5-16(10-18)6-8-17/h3-4,9-10H,5-8H2,1-2H3,(H,15,19). The van der Waals surface area contributed by atoms with Gasteiger partial charge in [-0.15, -0.1) is 0 Å². The highest BCUT2D eigenvalue weighted by molar-refractivity contribution is 5.87. The first-order valence-electron chi connectivity index (χ1n) is 6.65. The van der Waals surface area contributed by atoms with Gasteiger partial charge in [0.1, 0.15) is 5.75 Å². The number of benzene rings is 1. The number of nitrogens with one attached hydrogen (secondary N) is 1. The Balaban J connectivity index is 2.15. The van der Waals surface area contributed by atoms with Gasteiger partial charge in [0, 0.05) is 31.9 Å². The lowest BCUT2D eigenvalue weighted by atomic mass is 10.2. The number of amides is 2. The van der Waals surface area contributed by atoms with E-state index in [0.717, 1.165) is 25.2 Å². The molecule has 1 N–H and O–H groups in total. The van der Waals surface area contributed by atoms with Crippen molar-refractivity contribution < 1.29 is 19.1 Å². The molecule has 0 aliphatic carbocycles. The number of carbonyl (C=O) groups excluding carboxylic acids is 2. The summed E-state index contributed by atoms with van der Waals surface area (Å²) in [4.78, 5) is 26.0. The quantitative estimate of drug-likeness (QED) is 0.843. The molecular weight excluding hydrogens is 274 g/mol. The Bertz CT molecular complexity index is 513. The summed E-state index contributed by atoms with van der Waals surface area (Å²) in [5.74, 6) is 0.565. The summed E-state index contributed by atoms with van der Waals surface area (Å²) >= 11 is 0. The molecule has 1 aromatic carbocycles. The fourth-order valence-electron chi connectivity index (χ4n) is 2.24. The van der Waals surface area contributed by atoms with Gasteiger partial charge in [-0.2, -0.15) is 0 Å². The maximum absolute atomic E-state index is 11.4. The molecule has 2 amide bonds. The molecule has 114 valence electrons. The lowest BCUT2D eigenvalue weighted by molar-refractivity contribution is -0.118. The maximum atomic E-state index is 11.4. The summed E-state index contributed by atoms with van der Waals surface area (Å²) in [6, 6.07) is 5.57. The minimum atomic E-state index is -0.545. The molecule has 7 nitrogen and oxygen atoms in total. The van der Waals surface area contributed by atoms with E-state index in [0.29, 0.717) is 24.5 Å². The lowest BCUT2D eigenvalue weighted by Gasteiger charge is -2.34. The first kappa shape index (κ1) is 15.0. The first-order valence-corrected chi connectivity index (χ1v) is 6.65. The number of ether oxygens (including phenoxy) is 2. The van der Waals surface area contributed by atoms with Gasteiger partial charge >= 0.3 is 6.09 Å². The fourth-order valence-corrected chi connectivity index (χ4v) is 2.24. The van der Waals surface area contributed by atoms with Crippen LogP contribution in [0.5, 0.6) is 5.75 Å². The van der Waals surface area contributed by atoms with Crippen LogP contribution in [0.3, 0.4) is 0 Å². The number of hydrogen-bond acceptors (Lipinski definition) is 5. The predicted octanol–water partition coefficient (Wildman–Crippen LogP) is 1.15. The van der Waals surface area contributed by atoms with E-state index in [1.54, 1.807) is 18.1 Å². The van der Waals surface area contributed by atoms with Crippen LogP contribution in [0.4, 0.5) is 16.2 Å². The molecule has 0 atom stereocenters. The summed E-state index contributed by atoms with van der Waals surface area (Å²) in [5, 5.41) is 2.63. The van der Waals surface area contributed by atoms with Gasteiger partial charge in [0.2, 0.25) is 6.41 Å². The van der Waals surface area contributed by atoms with Gasteiger partial charge in [0.25, 0.3) is 0 Å². The summed E-state index contributed by atoms with van der Waals surface area (Å²) in [7, 11) is 2.85. The molecule has 0 radical (unpaired) electrons. The van der Waals surface area contributed by atoms with Crippen molar-refractivity contribution in [2.24, 2.45) is 0 Å². The average molecular weight is 293 g/mol. The summed E-state index contributed by atoms with van der Waals surface area (Å²) in [6.45, 7) is 2.88. The molecule has 1 aliphatic heterocycles. The van der Waals surface area contributed by atoms with E-state index in [2.05, 4.69) is 15.0 Å². The number of methoxy groups -OCH3 is 2. The monoisotopic (exact) mass is 293 g/mol. The fraction of sp³-hybridized carbons (Fsp3) is 0.429. The predicted molar refractivity (Wildman–Crippen MR) is 78.9 cm³/mol. The Hall–Kier alpha value is -2.44. The number of hydrogen-bond donors (Lipinski definition) is 1. The normalized spacial score (nSPS) is 14.6. The minimum Gasteiger partial charge on any atom is -0.495 e. The third-order valence-electron chi connectivity index (χ3n) is 3.43. The largest absolute Gasteiger partial charge is 0.495 e. The Morgan fingerprint density at radius 3 is 2.52 bits per heavy atom. The van der Waals surface area contributed by atoms with Crippen LogP contribution in [0, 0.1) is 0 Å². The Kier molecular flexibility index (Phi) is 4.86. The van der Waals surface area contributed by atoms with E-state index in [4.69, 9.17) is 4.74 Å².